The van der Waals surface area contributed by atoms with Crippen LogP contribution in [-0.2, 0) is 18.9 Å². The molecule has 0 bridgehead atoms. The van der Waals surface area contributed by atoms with Crippen molar-refractivity contribution in [2.45, 2.75) is 37.9 Å². The summed E-state index contributed by atoms with van der Waals surface area (Å²) in [6.45, 7) is 4.94. The molecule has 1 aromatic heterocycles. The average Bonchev–Trinajstić information content (AvgIpc) is 2.97. The monoisotopic (exact) mass is 338 g/mol. The Balaban J connectivity index is 1.76. The van der Waals surface area contributed by atoms with E-state index in [1.807, 2.05) is 6.20 Å². The predicted molar refractivity (Wildman–Crippen MR) is 99.2 cm³/mol. The van der Waals surface area contributed by atoms with Gasteiger partial charge in [-0.1, -0.05) is 71.4 Å². The molecule has 0 atom stereocenters. The highest BCUT2D eigenvalue weighted by Crippen LogP contribution is 2.24. The lowest BCUT2D eigenvalue weighted by Gasteiger charge is -2.08. The predicted octanol–water partition coefficient (Wildman–Crippen LogP) is 4.33. The van der Waals surface area contributed by atoms with Gasteiger partial charge in [0.05, 0.1) is 12.3 Å². The molecule has 24 heavy (non-hydrogen) atoms. The first kappa shape index (κ1) is 16.8. The highest BCUT2D eigenvalue weighted by molar-refractivity contribution is 7.98. The van der Waals surface area contributed by atoms with Crippen LogP contribution in [0.15, 0.2) is 59.9 Å². The lowest BCUT2D eigenvalue weighted by molar-refractivity contribution is 0.277. The van der Waals surface area contributed by atoms with E-state index in [4.69, 9.17) is 0 Å². The van der Waals surface area contributed by atoms with E-state index in [0.717, 1.165) is 17.5 Å². The van der Waals surface area contributed by atoms with Crippen molar-refractivity contribution in [3.05, 3.63) is 82.7 Å². The van der Waals surface area contributed by atoms with Gasteiger partial charge in [0.15, 0.2) is 5.16 Å². The van der Waals surface area contributed by atoms with Crippen LogP contribution in [0.4, 0.5) is 0 Å². The topological polar surface area (TPSA) is 38.0 Å². The summed E-state index contributed by atoms with van der Waals surface area (Å²) in [5, 5.41) is 10.4. The summed E-state index contributed by atoms with van der Waals surface area (Å²) < 4.78 is 2.12. The van der Waals surface area contributed by atoms with Crippen LogP contribution < -0.4 is 0 Å². The van der Waals surface area contributed by atoms with Gasteiger partial charge in [-0.2, -0.15) is 0 Å². The number of aromatic nitrogens is 2. The number of thioether (sulfide) groups is 1. The van der Waals surface area contributed by atoms with Crippen LogP contribution in [0.2, 0.25) is 0 Å². The largest absolute Gasteiger partial charge is 0.390 e. The third-order valence-corrected chi connectivity index (χ3v) is 4.94. The van der Waals surface area contributed by atoms with Crippen molar-refractivity contribution in [2.24, 2.45) is 0 Å². The van der Waals surface area contributed by atoms with Crippen LogP contribution in [0.3, 0.4) is 0 Å². The van der Waals surface area contributed by atoms with Crippen molar-refractivity contribution < 1.29 is 5.11 Å². The van der Waals surface area contributed by atoms with Crippen LogP contribution in [0.5, 0.6) is 0 Å². The quantitative estimate of drug-likeness (QED) is 0.680. The van der Waals surface area contributed by atoms with Crippen LogP contribution >= 0.6 is 11.8 Å². The van der Waals surface area contributed by atoms with E-state index < -0.39 is 0 Å². The Kier molecular flexibility index (Phi) is 5.38. The van der Waals surface area contributed by atoms with Gasteiger partial charge in [0.1, 0.15) is 0 Å². The maximum absolute atomic E-state index is 9.41. The van der Waals surface area contributed by atoms with E-state index in [9.17, 15) is 5.11 Å². The maximum Gasteiger partial charge on any atom is 0.168 e. The Morgan fingerprint density at radius 1 is 1.00 bits per heavy atom. The fourth-order valence-corrected chi connectivity index (χ4v) is 3.54. The Morgan fingerprint density at radius 2 is 1.79 bits per heavy atom. The molecule has 0 spiro atoms. The Morgan fingerprint density at radius 3 is 2.50 bits per heavy atom. The lowest BCUT2D eigenvalue weighted by Crippen LogP contribution is -2.00. The van der Waals surface area contributed by atoms with Crippen LogP contribution in [0, 0.1) is 13.8 Å². The van der Waals surface area contributed by atoms with Crippen LogP contribution in [0.1, 0.15) is 27.9 Å². The molecule has 0 radical (unpaired) electrons. The van der Waals surface area contributed by atoms with Gasteiger partial charge in [0.25, 0.3) is 0 Å². The molecule has 0 saturated carbocycles. The first-order chi connectivity index (χ1) is 11.6. The molecule has 0 aliphatic heterocycles. The number of hydrogen-bond donors (Lipinski definition) is 1. The molecular weight excluding hydrogens is 316 g/mol. The number of hydrogen-bond acceptors (Lipinski definition) is 3. The summed E-state index contributed by atoms with van der Waals surface area (Å²) in [5.41, 5.74) is 5.77. The highest BCUT2D eigenvalue weighted by atomic mass is 32.2. The number of nitrogens with zero attached hydrogens (tertiary/aromatic N) is 2. The fraction of sp³-hybridized carbons (Fsp3) is 0.250. The van der Waals surface area contributed by atoms with E-state index in [2.05, 4.69) is 71.9 Å². The second kappa shape index (κ2) is 7.69. The molecule has 3 nitrogen and oxygen atoms in total. The van der Waals surface area contributed by atoms with Gasteiger partial charge in [-0.05, 0) is 25.0 Å². The standard InChI is InChI=1S/C20H22N2OS/c1-15-6-8-17(9-7-15)11-22-12-19(13-23)21-20(22)24-14-18-5-3-4-16(2)10-18/h3-10,12,23H,11,13-14H2,1-2H3. The smallest absolute Gasteiger partial charge is 0.168 e. The number of benzene rings is 2. The minimum atomic E-state index is -0.0289. The Hall–Kier alpha value is -2.04. The van der Waals surface area contributed by atoms with Gasteiger partial charge in [-0.3, -0.25) is 0 Å². The average molecular weight is 338 g/mol. The minimum absolute atomic E-state index is 0.0289. The summed E-state index contributed by atoms with van der Waals surface area (Å²) in [6.07, 6.45) is 1.94. The number of rotatable bonds is 6. The van der Waals surface area contributed by atoms with Gasteiger partial charge in [-0.15, -0.1) is 0 Å². The van der Waals surface area contributed by atoms with Crippen molar-refractivity contribution in [1.82, 2.24) is 9.55 Å². The molecule has 124 valence electrons. The molecule has 3 rings (SSSR count). The SMILES string of the molecule is Cc1ccc(Cn2cc(CO)nc2SCc2cccc(C)c2)cc1. The third-order valence-electron chi connectivity index (χ3n) is 3.88. The lowest BCUT2D eigenvalue weighted by atomic mass is 10.1. The summed E-state index contributed by atoms with van der Waals surface area (Å²) >= 11 is 1.71. The molecule has 0 aliphatic rings. The van der Waals surface area contributed by atoms with E-state index in [1.54, 1.807) is 11.8 Å². The van der Waals surface area contributed by atoms with E-state index in [-0.39, 0.29) is 6.61 Å². The molecule has 1 heterocycles. The third kappa shape index (κ3) is 4.28. The zero-order valence-electron chi connectivity index (χ0n) is 14.1. The summed E-state index contributed by atoms with van der Waals surface area (Å²) in [4.78, 5) is 4.56. The number of aryl methyl sites for hydroxylation is 2. The van der Waals surface area contributed by atoms with Gasteiger partial charge >= 0.3 is 0 Å². The Bertz CT molecular complexity index is 809. The minimum Gasteiger partial charge on any atom is -0.390 e. The molecular formula is C20H22N2OS. The maximum atomic E-state index is 9.41. The van der Waals surface area contributed by atoms with E-state index in [0.29, 0.717) is 5.69 Å². The van der Waals surface area contributed by atoms with Gasteiger partial charge in [0, 0.05) is 18.5 Å². The Labute approximate surface area is 147 Å². The fourth-order valence-electron chi connectivity index (χ4n) is 2.60. The van der Waals surface area contributed by atoms with E-state index >= 15 is 0 Å². The van der Waals surface area contributed by atoms with Crippen LogP contribution in [-0.4, -0.2) is 14.7 Å². The van der Waals surface area contributed by atoms with Crippen molar-refractivity contribution in [1.29, 1.82) is 0 Å². The molecule has 0 unspecified atom stereocenters. The van der Waals surface area contributed by atoms with E-state index in [1.165, 1.54) is 22.3 Å². The van der Waals surface area contributed by atoms with Crippen molar-refractivity contribution >= 4 is 11.8 Å². The van der Waals surface area contributed by atoms with Crippen molar-refractivity contribution in [3.63, 3.8) is 0 Å². The molecule has 0 saturated heterocycles. The van der Waals surface area contributed by atoms with Gasteiger partial charge in [0.2, 0.25) is 0 Å². The first-order valence-corrected chi connectivity index (χ1v) is 9.03. The van der Waals surface area contributed by atoms with Gasteiger partial charge in [-0.25, -0.2) is 4.98 Å². The zero-order valence-corrected chi connectivity index (χ0v) is 14.9. The van der Waals surface area contributed by atoms with Crippen molar-refractivity contribution in [3.8, 4) is 0 Å². The molecule has 0 amide bonds. The zero-order chi connectivity index (χ0) is 16.9. The molecule has 1 N–H and O–H groups in total. The molecule has 4 heteroatoms. The number of aliphatic hydroxyl groups is 1. The molecule has 3 aromatic rings. The molecule has 0 fully saturated rings. The first-order valence-electron chi connectivity index (χ1n) is 8.05. The second-order valence-corrected chi connectivity index (χ2v) is 7.01. The number of aliphatic hydroxyl groups excluding tert-OH is 1. The van der Waals surface area contributed by atoms with Crippen LogP contribution in [0.25, 0.3) is 0 Å². The number of imidazole rings is 1. The summed E-state index contributed by atoms with van der Waals surface area (Å²) in [5.74, 6) is 0.872. The second-order valence-electron chi connectivity index (χ2n) is 6.06. The summed E-state index contributed by atoms with van der Waals surface area (Å²) in [6, 6.07) is 17.1. The highest BCUT2D eigenvalue weighted by Gasteiger charge is 2.09. The van der Waals surface area contributed by atoms with Gasteiger partial charge < -0.3 is 9.67 Å². The summed E-state index contributed by atoms with van der Waals surface area (Å²) in [7, 11) is 0. The normalized spacial score (nSPS) is 11.0. The molecule has 0 aliphatic carbocycles. The van der Waals surface area contributed by atoms with Crippen molar-refractivity contribution in [2.75, 3.05) is 0 Å². The molecule has 2 aromatic carbocycles.